The van der Waals surface area contributed by atoms with E-state index in [0.717, 1.165) is 51.5 Å². The standard InChI is InChI=1S/C17H27N3O3/c1-22-14-13-19-9-11-20(12-10-19)17(21)18-8-7-15-3-5-16(23-2)6-4-15/h3-6H,7-14H2,1-2H3,(H,18,21). The van der Waals surface area contributed by atoms with Crippen LogP contribution in [0.3, 0.4) is 0 Å². The summed E-state index contributed by atoms with van der Waals surface area (Å²) in [4.78, 5) is 16.4. The summed E-state index contributed by atoms with van der Waals surface area (Å²) in [7, 11) is 3.37. The number of methoxy groups -OCH3 is 2. The lowest BCUT2D eigenvalue weighted by molar-refractivity contribution is 0.106. The van der Waals surface area contributed by atoms with Gasteiger partial charge in [-0.15, -0.1) is 0 Å². The van der Waals surface area contributed by atoms with E-state index in [1.807, 2.05) is 29.2 Å². The van der Waals surface area contributed by atoms with Crippen LogP contribution in [0.4, 0.5) is 4.79 Å². The molecular formula is C17H27N3O3. The average Bonchev–Trinajstić information content (AvgIpc) is 2.61. The Morgan fingerprint density at radius 2 is 1.83 bits per heavy atom. The predicted octanol–water partition coefficient (Wildman–Crippen LogP) is 1.21. The molecule has 1 aromatic rings. The monoisotopic (exact) mass is 321 g/mol. The van der Waals surface area contributed by atoms with E-state index in [2.05, 4.69) is 10.2 Å². The number of hydrogen-bond acceptors (Lipinski definition) is 4. The molecule has 1 aromatic carbocycles. The zero-order chi connectivity index (χ0) is 16.5. The number of benzene rings is 1. The van der Waals surface area contributed by atoms with Crippen molar-refractivity contribution in [1.29, 1.82) is 0 Å². The number of ether oxygens (including phenoxy) is 2. The van der Waals surface area contributed by atoms with Gasteiger partial charge >= 0.3 is 6.03 Å². The Morgan fingerprint density at radius 1 is 1.13 bits per heavy atom. The van der Waals surface area contributed by atoms with Crippen molar-refractivity contribution in [2.24, 2.45) is 0 Å². The van der Waals surface area contributed by atoms with Gasteiger partial charge in [0, 0.05) is 46.4 Å². The number of nitrogens with zero attached hydrogens (tertiary/aromatic N) is 2. The summed E-state index contributed by atoms with van der Waals surface area (Å²) in [6.07, 6.45) is 0.823. The van der Waals surface area contributed by atoms with Crippen LogP contribution < -0.4 is 10.1 Å². The summed E-state index contributed by atoms with van der Waals surface area (Å²) in [5, 5.41) is 3.00. The van der Waals surface area contributed by atoms with Gasteiger partial charge in [-0.1, -0.05) is 12.1 Å². The third-order valence-corrected chi connectivity index (χ3v) is 4.12. The molecule has 1 N–H and O–H groups in total. The van der Waals surface area contributed by atoms with Crippen LogP contribution in [0, 0.1) is 0 Å². The number of carbonyl (C=O) groups is 1. The molecular weight excluding hydrogens is 294 g/mol. The van der Waals surface area contributed by atoms with Crippen molar-refractivity contribution in [3.63, 3.8) is 0 Å². The van der Waals surface area contributed by atoms with Crippen LogP contribution in [-0.4, -0.2) is 75.9 Å². The van der Waals surface area contributed by atoms with Crippen molar-refractivity contribution in [2.45, 2.75) is 6.42 Å². The zero-order valence-corrected chi connectivity index (χ0v) is 14.1. The van der Waals surface area contributed by atoms with E-state index < -0.39 is 0 Å². The van der Waals surface area contributed by atoms with Crippen molar-refractivity contribution in [3.05, 3.63) is 29.8 Å². The third kappa shape index (κ3) is 5.73. The van der Waals surface area contributed by atoms with E-state index in [1.54, 1.807) is 14.2 Å². The second kappa shape index (κ2) is 9.37. The Labute approximate surface area is 138 Å². The van der Waals surface area contributed by atoms with Gasteiger partial charge in [0.05, 0.1) is 13.7 Å². The van der Waals surface area contributed by atoms with Crippen molar-refractivity contribution in [1.82, 2.24) is 15.1 Å². The SMILES string of the molecule is COCCN1CCN(C(=O)NCCc2ccc(OC)cc2)CC1. The summed E-state index contributed by atoms with van der Waals surface area (Å²) in [6.45, 7) is 5.70. The summed E-state index contributed by atoms with van der Waals surface area (Å²) in [5.74, 6) is 0.851. The highest BCUT2D eigenvalue weighted by Crippen LogP contribution is 2.11. The molecule has 1 fully saturated rings. The highest BCUT2D eigenvalue weighted by molar-refractivity contribution is 5.74. The number of rotatable bonds is 7. The minimum atomic E-state index is 0.0323. The van der Waals surface area contributed by atoms with Crippen LogP contribution in [0.5, 0.6) is 5.75 Å². The molecule has 128 valence electrons. The number of nitrogens with one attached hydrogen (secondary N) is 1. The minimum absolute atomic E-state index is 0.0323. The smallest absolute Gasteiger partial charge is 0.317 e. The van der Waals surface area contributed by atoms with Gasteiger partial charge in [0.2, 0.25) is 0 Å². The Hall–Kier alpha value is -1.79. The van der Waals surface area contributed by atoms with Gasteiger partial charge in [-0.05, 0) is 24.1 Å². The Morgan fingerprint density at radius 3 is 2.43 bits per heavy atom. The lowest BCUT2D eigenvalue weighted by atomic mass is 10.1. The summed E-state index contributed by atoms with van der Waals surface area (Å²) in [6, 6.07) is 7.97. The molecule has 2 rings (SSSR count). The number of piperazine rings is 1. The molecule has 0 aliphatic carbocycles. The quantitative estimate of drug-likeness (QED) is 0.820. The van der Waals surface area contributed by atoms with Crippen molar-refractivity contribution < 1.29 is 14.3 Å². The maximum atomic E-state index is 12.2. The van der Waals surface area contributed by atoms with E-state index in [4.69, 9.17) is 9.47 Å². The second-order valence-electron chi connectivity index (χ2n) is 5.65. The molecule has 0 saturated carbocycles. The minimum Gasteiger partial charge on any atom is -0.497 e. The zero-order valence-electron chi connectivity index (χ0n) is 14.1. The van der Waals surface area contributed by atoms with Crippen molar-refractivity contribution in [3.8, 4) is 5.75 Å². The third-order valence-electron chi connectivity index (χ3n) is 4.12. The summed E-state index contributed by atoms with van der Waals surface area (Å²) < 4.78 is 10.2. The maximum Gasteiger partial charge on any atom is 0.317 e. The number of urea groups is 1. The van der Waals surface area contributed by atoms with Crippen LogP contribution >= 0.6 is 0 Å². The molecule has 0 spiro atoms. The topological polar surface area (TPSA) is 54.0 Å². The largest absolute Gasteiger partial charge is 0.497 e. The summed E-state index contributed by atoms with van der Waals surface area (Å²) in [5.41, 5.74) is 1.19. The second-order valence-corrected chi connectivity index (χ2v) is 5.65. The molecule has 0 bridgehead atoms. The number of amides is 2. The van der Waals surface area contributed by atoms with Crippen LogP contribution in [0.1, 0.15) is 5.56 Å². The van der Waals surface area contributed by atoms with Crippen molar-refractivity contribution in [2.75, 3.05) is 60.1 Å². The van der Waals surface area contributed by atoms with Crippen LogP contribution in [-0.2, 0) is 11.2 Å². The lowest BCUT2D eigenvalue weighted by Crippen LogP contribution is -2.52. The first kappa shape index (κ1) is 17.6. The van der Waals surface area contributed by atoms with Crippen LogP contribution in [0.25, 0.3) is 0 Å². The number of hydrogen-bond donors (Lipinski definition) is 1. The van der Waals surface area contributed by atoms with Gasteiger partial charge in [-0.25, -0.2) is 4.79 Å². The molecule has 1 saturated heterocycles. The van der Waals surface area contributed by atoms with Crippen LogP contribution in [0.2, 0.25) is 0 Å². The van der Waals surface area contributed by atoms with E-state index in [9.17, 15) is 4.79 Å². The van der Waals surface area contributed by atoms with E-state index in [1.165, 1.54) is 5.56 Å². The molecule has 1 aliphatic rings. The maximum absolute atomic E-state index is 12.2. The first-order chi connectivity index (χ1) is 11.2. The first-order valence-corrected chi connectivity index (χ1v) is 8.10. The van der Waals surface area contributed by atoms with E-state index in [0.29, 0.717) is 6.54 Å². The Bertz CT molecular complexity index is 470. The molecule has 23 heavy (non-hydrogen) atoms. The van der Waals surface area contributed by atoms with Gasteiger partial charge in [0.25, 0.3) is 0 Å². The van der Waals surface area contributed by atoms with Gasteiger partial charge in [0.1, 0.15) is 5.75 Å². The Kier molecular flexibility index (Phi) is 7.16. The predicted molar refractivity (Wildman–Crippen MR) is 90.0 cm³/mol. The van der Waals surface area contributed by atoms with Gasteiger partial charge < -0.3 is 19.7 Å². The van der Waals surface area contributed by atoms with Gasteiger partial charge in [-0.2, -0.15) is 0 Å². The molecule has 6 heteroatoms. The lowest BCUT2D eigenvalue weighted by Gasteiger charge is -2.34. The number of carbonyl (C=O) groups excluding carboxylic acids is 1. The van der Waals surface area contributed by atoms with Crippen molar-refractivity contribution >= 4 is 6.03 Å². The molecule has 2 amide bonds. The molecule has 1 heterocycles. The van der Waals surface area contributed by atoms with E-state index >= 15 is 0 Å². The van der Waals surface area contributed by atoms with Crippen LogP contribution in [0.15, 0.2) is 24.3 Å². The van der Waals surface area contributed by atoms with Gasteiger partial charge in [0.15, 0.2) is 0 Å². The molecule has 0 atom stereocenters. The molecule has 0 radical (unpaired) electrons. The van der Waals surface area contributed by atoms with Gasteiger partial charge in [-0.3, -0.25) is 4.90 Å². The molecule has 6 nitrogen and oxygen atoms in total. The molecule has 1 aliphatic heterocycles. The summed E-state index contributed by atoms with van der Waals surface area (Å²) >= 11 is 0. The fourth-order valence-electron chi connectivity index (χ4n) is 2.61. The molecule has 0 aromatic heterocycles. The Balaban J connectivity index is 1.65. The fraction of sp³-hybridized carbons (Fsp3) is 0.588. The normalized spacial score (nSPS) is 15.5. The highest BCUT2D eigenvalue weighted by Gasteiger charge is 2.20. The molecule has 0 unspecified atom stereocenters. The first-order valence-electron chi connectivity index (χ1n) is 8.10. The average molecular weight is 321 g/mol. The fourth-order valence-corrected chi connectivity index (χ4v) is 2.61. The van der Waals surface area contributed by atoms with E-state index in [-0.39, 0.29) is 6.03 Å². The highest BCUT2D eigenvalue weighted by atomic mass is 16.5.